The van der Waals surface area contributed by atoms with Gasteiger partial charge in [0.05, 0.1) is 23.5 Å². The number of hydrogen-bond acceptors (Lipinski definition) is 9. The van der Waals surface area contributed by atoms with Crippen LogP contribution in [0.3, 0.4) is 0 Å². The third kappa shape index (κ3) is 8.43. The van der Waals surface area contributed by atoms with E-state index in [4.69, 9.17) is 15.7 Å². The largest absolute Gasteiger partial charge is 0.373 e. The summed E-state index contributed by atoms with van der Waals surface area (Å²) in [4.78, 5) is 13.4. The molecule has 0 aromatic carbocycles. The van der Waals surface area contributed by atoms with E-state index in [1.807, 2.05) is 0 Å². The van der Waals surface area contributed by atoms with Crippen LogP contribution in [0.1, 0.15) is 5.82 Å². The third-order valence-corrected chi connectivity index (χ3v) is 2.86. The summed E-state index contributed by atoms with van der Waals surface area (Å²) in [6, 6.07) is 0.0954. The molecule has 6 N–H and O–H groups in total. The van der Waals surface area contributed by atoms with Crippen LogP contribution in [0.15, 0.2) is 16.9 Å². The topological polar surface area (TPSA) is 168 Å². The highest BCUT2D eigenvalue weighted by molar-refractivity contribution is 7.98. The summed E-state index contributed by atoms with van der Waals surface area (Å²) in [6.07, 6.45) is 2.10. The summed E-state index contributed by atoms with van der Waals surface area (Å²) in [6.45, 7) is 1.17. The molecule has 0 fully saturated rings. The van der Waals surface area contributed by atoms with E-state index >= 15 is 0 Å². The Bertz CT molecular complexity index is 491. The molecule has 0 saturated carbocycles. The van der Waals surface area contributed by atoms with Crippen molar-refractivity contribution in [3.05, 3.63) is 28.3 Å². The van der Waals surface area contributed by atoms with E-state index in [1.165, 1.54) is 6.20 Å². The zero-order valence-corrected chi connectivity index (χ0v) is 11.9. The van der Waals surface area contributed by atoms with Crippen molar-refractivity contribution < 1.29 is 9.45 Å². The molecule has 11 nitrogen and oxygen atoms in total. The Labute approximate surface area is 124 Å². The number of aromatic nitrogens is 2. The van der Waals surface area contributed by atoms with Crippen molar-refractivity contribution in [1.82, 2.24) is 20.8 Å². The van der Waals surface area contributed by atoms with Crippen LogP contribution in [-0.2, 0) is 5.75 Å². The van der Waals surface area contributed by atoms with Gasteiger partial charge in [-0.1, -0.05) is 5.16 Å². The van der Waals surface area contributed by atoms with Gasteiger partial charge in [-0.05, 0) is 0 Å². The predicted molar refractivity (Wildman–Crippen MR) is 78.1 cm³/mol. The van der Waals surface area contributed by atoms with E-state index in [2.05, 4.69) is 26.1 Å². The summed E-state index contributed by atoms with van der Waals surface area (Å²) < 4.78 is 4.82. The summed E-state index contributed by atoms with van der Waals surface area (Å²) in [5.74, 6) is 1.63. The first-order chi connectivity index (χ1) is 10.1. The molecule has 0 aliphatic heterocycles. The molecule has 0 aliphatic rings. The Morgan fingerprint density at radius 1 is 1.62 bits per heavy atom. The molecule has 116 valence electrons. The first-order valence-electron chi connectivity index (χ1n) is 5.83. The molecule has 0 saturated heterocycles. The van der Waals surface area contributed by atoms with Gasteiger partial charge in [-0.15, -0.1) is 0 Å². The summed E-state index contributed by atoms with van der Waals surface area (Å²) in [5, 5.41) is 28.9. The SMILES string of the molecule is N=C(N)Nc1nc(CSCCNCN/C=C/[N+](=O)[O-])no1. The minimum atomic E-state index is -0.539. The third-order valence-electron chi connectivity index (χ3n) is 1.91. The molecular formula is C9H16N8O3S. The fourth-order valence-electron chi connectivity index (χ4n) is 1.12. The Morgan fingerprint density at radius 3 is 3.14 bits per heavy atom. The lowest BCUT2D eigenvalue weighted by atomic mass is 10.7. The first kappa shape index (κ1) is 16.7. The van der Waals surface area contributed by atoms with E-state index in [-0.39, 0.29) is 12.0 Å². The standard InChI is InChI=1S/C9H16N8O3S/c10-8(11)15-9-14-7(16-20-9)5-21-4-2-13-6-12-1-3-17(18)19/h1,3,12-13H,2,4-6H2,(H4,10,11,14,15,16)/b3-1+. The zero-order valence-electron chi connectivity index (χ0n) is 11.0. The van der Waals surface area contributed by atoms with Crippen LogP contribution in [0.25, 0.3) is 0 Å². The van der Waals surface area contributed by atoms with Crippen molar-refractivity contribution in [2.24, 2.45) is 5.73 Å². The minimum absolute atomic E-state index is 0.0954. The van der Waals surface area contributed by atoms with Gasteiger partial charge in [-0.25, -0.2) is 0 Å². The molecule has 0 unspecified atom stereocenters. The lowest BCUT2D eigenvalue weighted by molar-refractivity contribution is -0.402. The smallest absolute Gasteiger partial charge is 0.328 e. The Kier molecular flexibility index (Phi) is 7.60. The molecule has 1 rings (SSSR count). The molecule has 0 radical (unpaired) electrons. The van der Waals surface area contributed by atoms with Crippen molar-refractivity contribution in [3.8, 4) is 0 Å². The van der Waals surface area contributed by atoms with Gasteiger partial charge in [0.2, 0.25) is 6.20 Å². The monoisotopic (exact) mass is 316 g/mol. The van der Waals surface area contributed by atoms with E-state index < -0.39 is 4.92 Å². The molecule has 0 bridgehead atoms. The number of nitrogens with zero attached hydrogens (tertiary/aromatic N) is 3. The van der Waals surface area contributed by atoms with E-state index in [0.29, 0.717) is 18.2 Å². The Morgan fingerprint density at radius 2 is 2.43 bits per heavy atom. The van der Waals surface area contributed by atoms with Crippen molar-refractivity contribution in [1.29, 1.82) is 5.41 Å². The molecule has 1 aromatic heterocycles. The van der Waals surface area contributed by atoms with Crippen LogP contribution in [0, 0.1) is 15.5 Å². The molecule has 0 atom stereocenters. The molecule has 12 heteroatoms. The maximum atomic E-state index is 9.98. The Balaban J connectivity index is 2.02. The quantitative estimate of drug-likeness (QED) is 0.0946. The van der Waals surface area contributed by atoms with Crippen LogP contribution in [-0.4, -0.2) is 40.0 Å². The molecule has 0 amide bonds. The fourth-order valence-corrected chi connectivity index (χ4v) is 1.85. The highest BCUT2D eigenvalue weighted by Gasteiger charge is 2.05. The lowest BCUT2D eigenvalue weighted by Crippen LogP contribution is -2.27. The number of rotatable bonds is 10. The number of nitrogens with two attached hydrogens (primary N) is 1. The zero-order chi connectivity index (χ0) is 15.5. The van der Waals surface area contributed by atoms with Crippen LogP contribution < -0.4 is 21.7 Å². The van der Waals surface area contributed by atoms with E-state index in [1.54, 1.807) is 11.8 Å². The van der Waals surface area contributed by atoms with Gasteiger partial charge in [0.1, 0.15) is 0 Å². The van der Waals surface area contributed by atoms with Crippen LogP contribution >= 0.6 is 11.8 Å². The fraction of sp³-hybridized carbons (Fsp3) is 0.444. The van der Waals surface area contributed by atoms with Crippen LogP contribution in [0.4, 0.5) is 6.01 Å². The predicted octanol–water partition coefficient (Wildman–Crippen LogP) is -0.507. The molecule has 0 aliphatic carbocycles. The van der Waals surface area contributed by atoms with Gasteiger partial charge in [0, 0.05) is 12.3 Å². The van der Waals surface area contributed by atoms with Gasteiger partial charge in [0.15, 0.2) is 11.8 Å². The maximum absolute atomic E-state index is 9.98. The highest BCUT2D eigenvalue weighted by Crippen LogP contribution is 2.10. The van der Waals surface area contributed by atoms with Crippen molar-refractivity contribution in [2.45, 2.75) is 5.75 Å². The number of nitrogens with one attached hydrogen (secondary N) is 4. The number of thioether (sulfide) groups is 1. The molecule has 1 heterocycles. The summed E-state index contributed by atoms with van der Waals surface area (Å²) in [7, 11) is 0. The second kappa shape index (κ2) is 9.55. The second-order valence-corrected chi connectivity index (χ2v) is 4.69. The first-order valence-corrected chi connectivity index (χ1v) is 6.99. The minimum Gasteiger partial charge on any atom is -0.373 e. The molecule has 0 spiro atoms. The lowest BCUT2D eigenvalue weighted by Gasteiger charge is -2.02. The second-order valence-electron chi connectivity index (χ2n) is 3.59. The highest BCUT2D eigenvalue weighted by atomic mass is 32.2. The van der Waals surface area contributed by atoms with Crippen molar-refractivity contribution in [3.63, 3.8) is 0 Å². The maximum Gasteiger partial charge on any atom is 0.328 e. The molecule has 21 heavy (non-hydrogen) atoms. The van der Waals surface area contributed by atoms with Gasteiger partial charge in [0.25, 0.3) is 0 Å². The van der Waals surface area contributed by atoms with Crippen LogP contribution in [0.2, 0.25) is 0 Å². The Hall–Kier alpha value is -2.34. The van der Waals surface area contributed by atoms with Gasteiger partial charge in [-0.3, -0.25) is 26.2 Å². The van der Waals surface area contributed by atoms with Gasteiger partial charge >= 0.3 is 6.01 Å². The average Bonchev–Trinajstić information content (AvgIpc) is 2.83. The van der Waals surface area contributed by atoms with Gasteiger partial charge < -0.3 is 15.6 Å². The van der Waals surface area contributed by atoms with Crippen molar-refractivity contribution >= 4 is 23.7 Å². The molecule has 1 aromatic rings. The number of anilines is 1. The summed E-state index contributed by atoms with van der Waals surface area (Å²) >= 11 is 1.59. The normalized spacial score (nSPS) is 10.7. The number of nitro groups is 1. The molecular weight excluding hydrogens is 300 g/mol. The number of hydrogen-bond donors (Lipinski definition) is 5. The van der Waals surface area contributed by atoms with Gasteiger partial charge in [-0.2, -0.15) is 16.7 Å². The number of guanidine groups is 1. The summed E-state index contributed by atoms with van der Waals surface area (Å²) in [5.41, 5.74) is 5.12. The van der Waals surface area contributed by atoms with Crippen molar-refractivity contribution in [2.75, 3.05) is 24.3 Å². The average molecular weight is 316 g/mol. The van der Waals surface area contributed by atoms with E-state index in [0.717, 1.165) is 18.5 Å². The van der Waals surface area contributed by atoms with E-state index in [9.17, 15) is 10.1 Å². The van der Waals surface area contributed by atoms with Crippen LogP contribution in [0.5, 0.6) is 0 Å².